The molecule has 1 fully saturated rings. The third kappa shape index (κ3) is 2.22. The van der Waals surface area contributed by atoms with Crippen LogP contribution in [0.3, 0.4) is 0 Å². The molecule has 0 atom stereocenters. The minimum Gasteiger partial charge on any atom is -0.306 e. The van der Waals surface area contributed by atoms with Gasteiger partial charge >= 0.3 is 0 Å². The predicted molar refractivity (Wildman–Crippen MR) is 71.3 cm³/mol. The number of piperidine rings is 1. The Bertz CT molecular complexity index is 526. The van der Waals surface area contributed by atoms with Crippen molar-refractivity contribution in [2.45, 2.75) is 18.8 Å². The van der Waals surface area contributed by atoms with Crippen LogP contribution in [0.25, 0.3) is 10.1 Å². The molecule has 0 radical (unpaired) electrons. The molecule has 0 unspecified atom stereocenters. The average molecular weight is 249 g/mol. The number of rotatable bonds is 1. The lowest BCUT2D eigenvalue weighted by Gasteiger charge is -2.28. The molecule has 3 rings (SSSR count). The first kappa shape index (κ1) is 11.2. The summed E-state index contributed by atoms with van der Waals surface area (Å²) in [6, 6.07) is 7.33. The monoisotopic (exact) mass is 249 g/mol. The molecule has 1 aromatic carbocycles. The maximum absolute atomic E-state index is 13.1. The van der Waals surface area contributed by atoms with Crippen molar-refractivity contribution in [2.24, 2.45) is 0 Å². The van der Waals surface area contributed by atoms with Gasteiger partial charge in [0.1, 0.15) is 5.82 Å². The minimum absolute atomic E-state index is 0.130. The van der Waals surface area contributed by atoms with E-state index in [1.54, 1.807) is 23.5 Å². The maximum Gasteiger partial charge on any atom is 0.124 e. The van der Waals surface area contributed by atoms with E-state index in [1.807, 2.05) is 6.07 Å². The highest BCUT2D eigenvalue weighted by atomic mass is 32.1. The summed E-state index contributed by atoms with van der Waals surface area (Å²) in [4.78, 5) is 3.81. The van der Waals surface area contributed by atoms with Crippen molar-refractivity contribution in [3.05, 3.63) is 35.0 Å². The molecule has 0 spiro atoms. The second-order valence-electron chi connectivity index (χ2n) is 4.91. The fraction of sp³-hybridized carbons (Fsp3) is 0.429. The zero-order chi connectivity index (χ0) is 11.8. The lowest BCUT2D eigenvalue weighted by atomic mass is 9.95. The van der Waals surface area contributed by atoms with E-state index in [2.05, 4.69) is 18.0 Å². The second-order valence-corrected chi connectivity index (χ2v) is 6.02. The van der Waals surface area contributed by atoms with Crippen LogP contribution < -0.4 is 0 Å². The van der Waals surface area contributed by atoms with Crippen LogP contribution in [-0.4, -0.2) is 25.0 Å². The van der Waals surface area contributed by atoms with Crippen LogP contribution >= 0.6 is 11.3 Å². The number of hydrogen-bond donors (Lipinski definition) is 0. The van der Waals surface area contributed by atoms with Gasteiger partial charge in [-0.15, -0.1) is 11.3 Å². The van der Waals surface area contributed by atoms with E-state index < -0.39 is 0 Å². The molecule has 0 aliphatic carbocycles. The fourth-order valence-electron chi connectivity index (χ4n) is 2.52. The summed E-state index contributed by atoms with van der Waals surface area (Å²) >= 11 is 1.76. The summed E-state index contributed by atoms with van der Waals surface area (Å²) in [6.07, 6.45) is 2.46. The van der Waals surface area contributed by atoms with E-state index in [0.29, 0.717) is 5.92 Å². The molecule has 1 aromatic heterocycles. The Morgan fingerprint density at radius 1 is 1.24 bits per heavy atom. The summed E-state index contributed by atoms with van der Waals surface area (Å²) in [5, 5.41) is 1.19. The molecule has 17 heavy (non-hydrogen) atoms. The van der Waals surface area contributed by atoms with Crippen molar-refractivity contribution in [1.29, 1.82) is 0 Å². The molecule has 90 valence electrons. The van der Waals surface area contributed by atoms with Gasteiger partial charge in [-0.3, -0.25) is 0 Å². The Hall–Kier alpha value is -0.930. The Morgan fingerprint density at radius 3 is 2.76 bits per heavy atom. The van der Waals surface area contributed by atoms with Crippen LogP contribution in [0.5, 0.6) is 0 Å². The van der Waals surface area contributed by atoms with Gasteiger partial charge in [0.25, 0.3) is 0 Å². The molecule has 1 aliphatic heterocycles. The number of benzene rings is 1. The topological polar surface area (TPSA) is 3.24 Å². The molecule has 0 bridgehead atoms. The number of hydrogen-bond acceptors (Lipinski definition) is 2. The summed E-state index contributed by atoms with van der Waals surface area (Å²) < 4.78 is 14.2. The van der Waals surface area contributed by atoms with Gasteiger partial charge in [-0.05, 0) is 62.5 Å². The largest absolute Gasteiger partial charge is 0.306 e. The van der Waals surface area contributed by atoms with Gasteiger partial charge in [-0.1, -0.05) is 6.07 Å². The molecular weight excluding hydrogens is 233 g/mol. The van der Waals surface area contributed by atoms with Crippen LogP contribution in [0.2, 0.25) is 0 Å². The highest BCUT2D eigenvalue weighted by Crippen LogP contribution is 2.36. The first-order valence-electron chi connectivity index (χ1n) is 6.10. The summed E-state index contributed by atoms with van der Waals surface area (Å²) in [5.74, 6) is 0.543. The van der Waals surface area contributed by atoms with Crippen molar-refractivity contribution in [3.63, 3.8) is 0 Å². The molecule has 0 saturated carbocycles. The van der Waals surface area contributed by atoms with E-state index in [0.717, 1.165) is 4.70 Å². The number of halogens is 1. The van der Waals surface area contributed by atoms with E-state index >= 15 is 0 Å². The van der Waals surface area contributed by atoms with Gasteiger partial charge in [0, 0.05) is 9.58 Å². The summed E-state index contributed by atoms with van der Waals surface area (Å²) in [6.45, 7) is 2.35. The SMILES string of the molecule is CN1CCC(c2cc3ccc(F)cc3s2)CC1. The van der Waals surface area contributed by atoms with Crippen molar-refractivity contribution in [2.75, 3.05) is 20.1 Å². The third-order valence-corrected chi connectivity index (χ3v) is 4.88. The average Bonchev–Trinajstić information content (AvgIpc) is 2.72. The van der Waals surface area contributed by atoms with Gasteiger partial charge in [-0.25, -0.2) is 4.39 Å². The van der Waals surface area contributed by atoms with Crippen molar-refractivity contribution in [1.82, 2.24) is 4.90 Å². The van der Waals surface area contributed by atoms with Crippen LogP contribution in [0.1, 0.15) is 23.6 Å². The molecule has 2 heterocycles. The zero-order valence-electron chi connectivity index (χ0n) is 9.95. The number of likely N-dealkylation sites (tertiary alicyclic amines) is 1. The number of fused-ring (bicyclic) bond motifs is 1. The highest BCUT2D eigenvalue weighted by Gasteiger charge is 2.20. The van der Waals surface area contributed by atoms with E-state index in [9.17, 15) is 4.39 Å². The van der Waals surface area contributed by atoms with Gasteiger partial charge in [0.05, 0.1) is 0 Å². The quantitative estimate of drug-likeness (QED) is 0.742. The van der Waals surface area contributed by atoms with Gasteiger partial charge < -0.3 is 4.90 Å². The molecule has 2 aromatic rings. The predicted octanol–water partition coefficient (Wildman–Crippen LogP) is 3.85. The highest BCUT2D eigenvalue weighted by molar-refractivity contribution is 7.19. The molecule has 1 nitrogen and oxygen atoms in total. The number of thiophene rings is 1. The molecule has 1 saturated heterocycles. The molecule has 0 amide bonds. The minimum atomic E-state index is -0.130. The molecular formula is C14H16FNS. The second kappa shape index (κ2) is 4.39. The standard InChI is InChI=1S/C14H16FNS/c1-16-6-4-10(5-7-16)13-8-11-2-3-12(15)9-14(11)17-13/h2-3,8-10H,4-7H2,1H3. The molecule has 1 aliphatic rings. The van der Waals surface area contributed by atoms with Crippen LogP contribution in [0.15, 0.2) is 24.3 Å². The maximum atomic E-state index is 13.1. The van der Waals surface area contributed by atoms with Crippen molar-refractivity contribution >= 4 is 21.4 Å². The van der Waals surface area contributed by atoms with Gasteiger partial charge in [0.2, 0.25) is 0 Å². The van der Waals surface area contributed by atoms with Gasteiger partial charge in [-0.2, -0.15) is 0 Å². The Kier molecular flexibility index (Phi) is 2.89. The normalized spacial score (nSPS) is 18.9. The van der Waals surface area contributed by atoms with E-state index in [1.165, 1.54) is 36.2 Å². The first-order chi connectivity index (χ1) is 8.22. The Labute approximate surface area is 105 Å². The molecule has 0 N–H and O–H groups in total. The van der Waals surface area contributed by atoms with Crippen molar-refractivity contribution < 1.29 is 4.39 Å². The smallest absolute Gasteiger partial charge is 0.124 e. The van der Waals surface area contributed by atoms with E-state index in [-0.39, 0.29) is 5.82 Å². The van der Waals surface area contributed by atoms with Crippen LogP contribution in [0.4, 0.5) is 4.39 Å². The van der Waals surface area contributed by atoms with Crippen molar-refractivity contribution in [3.8, 4) is 0 Å². The Balaban J connectivity index is 1.90. The third-order valence-electron chi connectivity index (χ3n) is 3.62. The summed E-state index contributed by atoms with van der Waals surface area (Å²) in [5.41, 5.74) is 0. The van der Waals surface area contributed by atoms with Crippen LogP contribution in [0, 0.1) is 5.82 Å². The van der Waals surface area contributed by atoms with Crippen LogP contribution in [-0.2, 0) is 0 Å². The summed E-state index contributed by atoms with van der Waals surface area (Å²) in [7, 11) is 2.18. The fourth-order valence-corrected chi connectivity index (χ4v) is 3.78. The number of nitrogens with zero attached hydrogens (tertiary/aromatic N) is 1. The lowest BCUT2D eigenvalue weighted by molar-refractivity contribution is 0.257. The first-order valence-corrected chi connectivity index (χ1v) is 6.91. The van der Waals surface area contributed by atoms with E-state index in [4.69, 9.17) is 0 Å². The zero-order valence-corrected chi connectivity index (χ0v) is 10.8. The Morgan fingerprint density at radius 2 is 2.00 bits per heavy atom. The lowest BCUT2D eigenvalue weighted by Crippen LogP contribution is -2.28. The van der Waals surface area contributed by atoms with Gasteiger partial charge in [0.15, 0.2) is 0 Å². The molecule has 3 heteroatoms.